The quantitative estimate of drug-likeness (QED) is 0.640. The van der Waals surface area contributed by atoms with Crippen LogP contribution in [0.2, 0.25) is 0 Å². The zero-order valence-corrected chi connectivity index (χ0v) is 12.2. The van der Waals surface area contributed by atoms with Gasteiger partial charge < -0.3 is 20.9 Å². The topological polar surface area (TPSA) is 67.5 Å². The number of methoxy groups -OCH3 is 1. The number of nitrogens with two attached hydrogens (primary N) is 1. The molecule has 0 aliphatic rings. The molecule has 1 rings (SSSR count). The Morgan fingerprint density at radius 2 is 2.22 bits per heavy atom. The Bertz CT molecular complexity index is 361. The summed E-state index contributed by atoms with van der Waals surface area (Å²) in [7, 11) is 1.65. The van der Waals surface area contributed by atoms with E-state index in [0.29, 0.717) is 6.54 Å². The van der Waals surface area contributed by atoms with Crippen molar-refractivity contribution in [2.24, 2.45) is 5.73 Å². The molecule has 0 aliphatic carbocycles. The maximum absolute atomic E-state index is 8.74. The van der Waals surface area contributed by atoms with Crippen molar-refractivity contribution in [1.82, 2.24) is 5.32 Å². The van der Waals surface area contributed by atoms with Gasteiger partial charge in [-0.05, 0) is 43.1 Å². The average molecular weight is 317 g/mol. The molecule has 0 radical (unpaired) electrons. The van der Waals surface area contributed by atoms with Gasteiger partial charge in [-0.2, -0.15) is 0 Å². The van der Waals surface area contributed by atoms with Gasteiger partial charge in [0, 0.05) is 23.7 Å². The molecule has 4 nitrogen and oxygen atoms in total. The van der Waals surface area contributed by atoms with E-state index in [9.17, 15) is 0 Å². The van der Waals surface area contributed by atoms with E-state index in [0.717, 1.165) is 35.2 Å². The fourth-order valence-electron chi connectivity index (χ4n) is 1.75. The number of unbranched alkanes of at least 4 members (excludes halogenated alkanes) is 1. The van der Waals surface area contributed by atoms with Crippen molar-refractivity contribution in [3.05, 3.63) is 28.2 Å². The molecule has 1 aromatic carbocycles. The van der Waals surface area contributed by atoms with E-state index >= 15 is 0 Å². The fourth-order valence-corrected chi connectivity index (χ4v) is 2.27. The van der Waals surface area contributed by atoms with E-state index in [1.165, 1.54) is 0 Å². The van der Waals surface area contributed by atoms with Gasteiger partial charge in [0.15, 0.2) is 0 Å². The highest BCUT2D eigenvalue weighted by molar-refractivity contribution is 9.10. The van der Waals surface area contributed by atoms with Crippen LogP contribution >= 0.6 is 15.9 Å². The van der Waals surface area contributed by atoms with Crippen molar-refractivity contribution in [2.75, 3.05) is 26.8 Å². The summed E-state index contributed by atoms with van der Waals surface area (Å²) >= 11 is 3.53. The van der Waals surface area contributed by atoms with E-state index in [2.05, 4.69) is 21.2 Å². The maximum atomic E-state index is 8.74. The SMILES string of the molecule is COc1ccc(Br)c(C(CN)NCCCCO)c1. The van der Waals surface area contributed by atoms with Crippen LogP contribution in [-0.4, -0.2) is 31.9 Å². The predicted octanol–water partition coefficient (Wildman–Crippen LogP) is 1.82. The summed E-state index contributed by atoms with van der Waals surface area (Å²) in [5, 5.41) is 12.1. The lowest BCUT2D eigenvalue weighted by Gasteiger charge is -2.19. The number of aliphatic hydroxyl groups is 1. The largest absolute Gasteiger partial charge is 0.497 e. The molecular formula is C13H21BrN2O2. The Morgan fingerprint density at radius 3 is 2.83 bits per heavy atom. The second-order valence-electron chi connectivity index (χ2n) is 4.06. The predicted molar refractivity (Wildman–Crippen MR) is 76.8 cm³/mol. The van der Waals surface area contributed by atoms with Crippen LogP contribution in [0.1, 0.15) is 24.4 Å². The lowest BCUT2D eigenvalue weighted by atomic mass is 10.1. The van der Waals surface area contributed by atoms with Gasteiger partial charge in [0.05, 0.1) is 7.11 Å². The number of aliphatic hydroxyl groups excluding tert-OH is 1. The van der Waals surface area contributed by atoms with Crippen molar-refractivity contribution in [1.29, 1.82) is 0 Å². The highest BCUT2D eigenvalue weighted by Gasteiger charge is 2.13. The standard InChI is InChI=1S/C13H21BrN2O2/c1-18-10-4-5-12(14)11(8-10)13(9-15)16-6-2-3-7-17/h4-5,8,13,16-17H,2-3,6-7,9,15H2,1H3. The summed E-state index contributed by atoms with van der Waals surface area (Å²) in [6.07, 6.45) is 1.75. The molecule has 0 bridgehead atoms. The smallest absolute Gasteiger partial charge is 0.119 e. The summed E-state index contributed by atoms with van der Waals surface area (Å²) < 4.78 is 6.25. The van der Waals surface area contributed by atoms with Crippen LogP contribution in [0.15, 0.2) is 22.7 Å². The minimum Gasteiger partial charge on any atom is -0.497 e. The lowest BCUT2D eigenvalue weighted by molar-refractivity contribution is 0.282. The number of benzene rings is 1. The lowest BCUT2D eigenvalue weighted by Crippen LogP contribution is -2.29. The first kappa shape index (κ1) is 15.4. The fraction of sp³-hybridized carbons (Fsp3) is 0.538. The van der Waals surface area contributed by atoms with Crippen LogP contribution in [0.5, 0.6) is 5.75 Å². The molecule has 0 fully saturated rings. The first-order chi connectivity index (χ1) is 8.72. The van der Waals surface area contributed by atoms with Crippen molar-refractivity contribution in [3.63, 3.8) is 0 Å². The number of halogens is 1. The van der Waals surface area contributed by atoms with Gasteiger partial charge in [0.2, 0.25) is 0 Å². The summed E-state index contributed by atoms with van der Waals surface area (Å²) in [6, 6.07) is 5.95. The van der Waals surface area contributed by atoms with Gasteiger partial charge in [0.1, 0.15) is 5.75 Å². The van der Waals surface area contributed by atoms with Gasteiger partial charge in [-0.1, -0.05) is 15.9 Å². The van der Waals surface area contributed by atoms with E-state index < -0.39 is 0 Å². The normalized spacial score (nSPS) is 12.4. The number of rotatable bonds is 8. The second-order valence-corrected chi connectivity index (χ2v) is 4.91. The van der Waals surface area contributed by atoms with E-state index in [1.54, 1.807) is 7.11 Å². The van der Waals surface area contributed by atoms with Crippen LogP contribution < -0.4 is 15.8 Å². The Balaban J connectivity index is 2.68. The monoisotopic (exact) mass is 316 g/mol. The third-order valence-electron chi connectivity index (χ3n) is 2.79. The second kappa shape index (κ2) is 8.48. The van der Waals surface area contributed by atoms with Crippen molar-refractivity contribution in [2.45, 2.75) is 18.9 Å². The van der Waals surface area contributed by atoms with Gasteiger partial charge in [-0.25, -0.2) is 0 Å². The third kappa shape index (κ3) is 4.57. The van der Waals surface area contributed by atoms with Gasteiger partial charge >= 0.3 is 0 Å². The van der Waals surface area contributed by atoms with E-state index in [-0.39, 0.29) is 12.6 Å². The first-order valence-electron chi connectivity index (χ1n) is 6.10. The molecule has 0 saturated heterocycles. The number of hydrogen-bond acceptors (Lipinski definition) is 4. The van der Waals surface area contributed by atoms with Gasteiger partial charge in [-0.15, -0.1) is 0 Å². The number of ether oxygens (including phenoxy) is 1. The molecule has 0 saturated carbocycles. The summed E-state index contributed by atoms with van der Waals surface area (Å²) in [6.45, 7) is 1.59. The third-order valence-corrected chi connectivity index (χ3v) is 3.51. The Morgan fingerprint density at radius 1 is 1.44 bits per heavy atom. The Kier molecular flexibility index (Phi) is 7.27. The van der Waals surface area contributed by atoms with Crippen molar-refractivity contribution >= 4 is 15.9 Å². The van der Waals surface area contributed by atoms with Crippen LogP contribution in [0.3, 0.4) is 0 Å². The first-order valence-corrected chi connectivity index (χ1v) is 6.90. The molecule has 1 unspecified atom stereocenters. The molecule has 4 N–H and O–H groups in total. The van der Waals surface area contributed by atoms with Crippen LogP contribution in [-0.2, 0) is 0 Å². The molecule has 18 heavy (non-hydrogen) atoms. The molecular weight excluding hydrogens is 296 g/mol. The average Bonchev–Trinajstić information content (AvgIpc) is 2.40. The number of nitrogens with one attached hydrogen (secondary N) is 1. The van der Waals surface area contributed by atoms with Gasteiger partial charge in [0.25, 0.3) is 0 Å². The molecule has 1 aromatic rings. The number of hydrogen-bond donors (Lipinski definition) is 3. The zero-order chi connectivity index (χ0) is 13.4. The Hall–Kier alpha value is -0.620. The summed E-state index contributed by atoms with van der Waals surface area (Å²) in [5.41, 5.74) is 6.90. The molecule has 0 aromatic heterocycles. The van der Waals surface area contributed by atoms with E-state index in [1.807, 2.05) is 18.2 Å². The van der Waals surface area contributed by atoms with Crippen LogP contribution in [0.4, 0.5) is 0 Å². The minimum absolute atomic E-state index is 0.0909. The van der Waals surface area contributed by atoms with E-state index in [4.69, 9.17) is 15.6 Å². The highest BCUT2D eigenvalue weighted by atomic mass is 79.9. The molecule has 5 heteroatoms. The van der Waals surface area contributed by atoms with Crippen LogP contribution in [0, 0.1) is 0 Å². The molecule has 0 heterocycles. The minimum atomic E-state index is 0.0909. The van der Waals surface area contributed by atoms with Crippen LogP contribution in [0.25, 0.3) is 0 Å². The maximum Gasteiger partial charge on any atom is 0.119 e. The van der Waals surface area contributed by atoms with Gasteiger partial charge in [-0.3, -0.25) is 0 Å². The Labute approximate surface area is 117 Å². The molecule has 0 spiro atoms. The highest BCUT2D eigenvalue weighted by Crippen LogP contribution is 2.27. The molecule has 1 atom stereocenters. The molecule has 0 aliphatic heterocycles. The molecule has 0 amide bonds. The van der Waals surface area contributed by atoms with Crippen molar-refractivity contribution in [3.8, 4) is 5.75 Å². The van der Waals surface area contributed by atoms with Crippen molar-refractivity contribution < 1.29 is 9.84 Å². The summed E-state index contributed by atoms with van der Waals surface area (Å²) in [5.74, 6) is 0.823. The molecule has 102 valence electrons. The zero-order valence-electron chi connectivity index (χ0n) is 10.7. The summed E-state index contributed by atoms with van der Waals surface area (Å²) in [4.78, 5) is 0.